The number of carbonyl (C=O) groups excluding carboxylic acids is 1. The van der Waals surface area contributed by atoms with Crippen molar-refractivity contribution in [3.05, 3.63) is 0 Å². The Labute approximate surface area is 91.0 Å². The summed E-state index contributed by atoms with van der Waals surface area (Å²) in [5.74, 6) is -2.34. The molecule has 0 radical (unpaired) electrons. The van der Waals surface area contributed by atoms with E-state index in [1.165, 1.54) is 17.9 Å². The van der Waals surface area contributed by atoms with Gasteiger partial charge in [0.1, 0.15) is 0 Å². The number of hydrogen-bond donors (Lipinski definition) is 1. The van der Waals surface area contributed by atoms with E-state index in [1.807, 2.05) is 0 Å². The summed E-state index contributed by atoms with van der Waals surface area (Å²) >= 11 is 0. The van der Waals surface area contributed by atoms with Crippen molar-refractivity contribution in [3.8, 4) is 6.07 Å². The van der Waals surface area contributed by atoms with Gasteiger partial charge in [0.05, 0.1) is 12.1 Å². The molecular weight excluding hydrogens is 223 g/mol. The lowest BCUT2D eigenvalue weighted by molar-refractivity contribution is -0.166. The Morgan fingerprint density at radius 2 is 2.31 bits per heavy atom. The molecule has 1 aliphatic heterocycles. The van der Waals surface area contributed by atoms with Gasteiger partial charge in [0.15, 0.2) is 5.92 Å². The van der Waals surface area contributed by atoms with E-state index in [9.17, 15) is 18.0 Å². The van der Waals surface area contributed by atoms with E-state index in [1.54, 1.807) is 0 Å². The third-order valence-corrected chi connectivity index (χ3v) is 2.59. The molecule has 0 bridgehead atoms. The molecule has 1 aliphatic rings. The van der Waals surface area contributed by atoms with Crippen LogP contribution in [0.3, 0.4) is 0 Å². The highest BCUT2D eigenvalue weighted by molar-refractivity contribution is 5.81. The average molecular weight is 235 g/mol. The third kappa shape index (κ3) is 2.85. The number of piperazine rings is 1. The zero-order valence-electron chi connectivity index (χ0n) is 8.71. The molecule has 1 N–H and O–H groups in total. The van der Waals surface area contributed by atoms with Crippen molar-refractivity contribution in [2.45, 2.75) is 19.1 Å². The van der Waals surface area contributed by atoms with E-state index in [0.717, 1.165) is 0 Å². The summed E-state index contributed by atoms with van der Waals surface area (Å²) < 4.78 is 37.0. The monoisotopic (exact) mass is 235 g/mol. The fourth-order valence-corrected chi connectivity index (χ4v) is 1.53. The van der Waals surface area contributed by atoms with E-state index in [0.29, 0.717) is 13.1 Å². The molecule has 1 rings (SSSR count). The molecular formula is C9H12F3N3O. The van der Waals surface area contributed by atoms with Crippen LogP contribution in [0.2, 0.25) is 0 Å². The van der Waals surface area contributed by atoms with Crippen LogP contribution in [0.1, 0.15) is 6.92 Å². The highest BCUT2D eigenvalue weighted by Crippen LogP contribution is 2.27. The van der Waals surface area contributed by atoms with Crippen LogP contribution in [0, 0.1) is 17.2 Å². The lowest BCUT2D eigenvalue weighted by Gasteiger charge is -2.34. The van der Waals surface area contributed by atoms with Gasteiger partial charge in [-0.15, -0.1) is 0 Å². The molecule has 7 heteroatoms. The SMILES string of the molecule is CC1C(=O)NCCN1CC(C#N)C(F)(F)F. The summed E-state index contributed by atoms with van der Waals surface area (Å²) in [5.41, 5.74) is 0. The number of nitrogens with zero attached hydrogens (tertiary/aromatic N) is 2. The summed E-state index contributed by atoms with van der Waals surface area (Å²) in [6.07, 6.45) is -4.54. The predicted octanol–water partition coefficient (Wildman–Crippen LogP) is 0.509. The second-order valence-electron chi connectivity index (χ2n) is 3.69. The molecule has 2 atom stereocenters. The van der Waals surface area contributed by atoms with E-state index in [2.05, 4.69) is 5.32 Å². The summed E-state index contributed by atoms with van der Waals surface area (Å²) in [5, 5.41) is 11.0. The molecule has 1 fully saturated rings. The van der Waals surface area contributed by atoms with Crippen LogP contribution < -0.4 is 5.32 Å². The summed E-state index contributed by atoms with van der Waals surface area (Å²) in [6, 6.07) is 0.608. The first-order chi connectivity index (χ1) is 7.36. The van der Waals surface area contributed by atoms with Crippen LogP contribution in [0.4, 0.5) is 13.2 Å². The molecule has 2 unspecified atom stereocenters. The molecule has 4 nitrogen and oxygen atoms in total. The number of carbonyl (C=O) groups is 1. The molecule has 0 aromatic carbocycles. The number of hydrogen-bond acceptors (Lipinski definition) is 3. The molecule has 90 valence electrons. The van der Waals surface area contributed by atoms with Gasteiger partial charge in [0.2, 0.25) is 5.91 Å². The zero-order valence-corrected chi connectivity index (χ0v) is 8.71. The van der Waals surface area contributed by atoms with Crippen LogP contribution in [0.5, 0.6) is 0 Å². The maximum absolute atomic E-state index is 12.3. The topological polar surface area (TPSA) is 56.1 Å². The molecule has 1 saturated heterocycles. The zero-order chi connectivity index (χ0) is 12.3. The molecule has 0 aromatic rings. The molecule has 1 amide bonds. The minimum absolute atomic E-state index is 0.301. The van der Waals surface area contributed by atoms with Gasteiger partial charge in [-0.05, 0) is 6.92 Å². The van der Waals surface area contributed by atoms with Gasteiger partial charge in [-0.1, -0.05) is 0 Å². The van der Waals surface area contributed by atoms with Gasteiger partial charge < -0.3 is 5.32 Å². The Morgan fingerprint density at radius 3 is 2.81 bits per heavy atom. The van der Waals surface area contributed by atoms with Crippen LogP contribution in [-0.4, -0.2) is 42.7 Å². The number of alkyl halides is 3. The predicted molar refractivity (Wildman–Crippen MR) is 49.2 cm³/mol. The van der Waals surface area contributed by atoms with Crippen molar-refractivity contribution in [1.82, 2.24) is 10.2 Å². The van der Waals surface area contributed by atoms with Crippen LogP contribution >= 0.6 is 0 Å². The fraction of sp³-hybridized carbons (Fsp3) is 0.778. The van der Waals surface area contributed by atoms with Crippen molar-refractivity contribution in [1.29, 1.82) is 5.26 Å². The number of nitriles is 1. The lowest BCUT2D eigenvalue weighted by Crippen LogP contribution is -2.55. The minimum Gasteiger partial charge on any atom is -0.353 e. The molecule has 1 heterocycles. The van der Waals surface area contributed by atoms with Crippen molar-refractivity contribution < 1.29 is 18.0 Å². The Kier molecular flexibility index (Phi) is 3.75. The van der Waals surface area contributed by atoms with Crippen molar-refractivity contribution >= 4 is 5.91 Å². The summed E-state index contributed by atoms with van der Waals surface area (Å²) in [7, 11) is 0. The van der Waals surface area contributed by atoms with Crippen LogP contribution in [0.25, 0.3) is 0 Å². The maximum atomic E-state index is 12.3. The van der Waals surface area contributed by atoms with Gasteiger partial charge in [-0.3, -0.25) is 9.69 Å². The van der Waals surface area contributed by atoms with Crippen molar-refractivity contribution in [3.63, 3.8) is 0 Å². The van der Waals surface area contributed by atoms with Crippen molar-refractivity contribution in [2.24, 2.45) is 5.92 Å². The Morgan fingerprint density at radius 1 is 1.69 bits per heavy atom. The van der Waals surface area contributed by atoms with Gasteiger partial charge >= 0.3 is 6.18 Å². The second kappa shape index (κ2) is 4.70. The van der Waals surface area contributed by atoms with E-state index in [-0.39, 0.29) is 5.91 Å². The van der Waals surface area contributed by atoms with Gasteiger partial charge in [0.25, 0.3) is 0 Å². The minimum atomic E-state index is -4.54. The largest absolute Gasteiger partial charge is 0.405 e. The maximum Gasteiger partial charge on any atom is 0.405 e. The van der Waals surface area contributed by atoms with Crippen molar-refractivity contribution in [2.75, 3.05) is 19.6 Å². The van der Waals surface area contributed by atoms with Crippen LogP contribution in [-0.2, 0) is 4.79 Å². The molecule has 0 aliphatic carbocycles. The quantitative estimate of drug-likeness (QED) is 0.758. The van der Waals surface area contributed by atoms with Crippen LogP contribution in [0.15, 0.2) is 0 Å². The normalized spacial score (nSPS) is 24.7. The Bertz CT molecular complexity index is 310. The lowest BCUT2D eigenvalue weighted by atomic mass is 10.1. The highest BCUT2D eigenvalue weighted by atomic mass is 19.4. The van der Waals surface area contributed by atoms with E-state index in [4.69, 9.17) is 5.26 Å². The second-order valence-corrected chi connectivity index (χ2v) is 3.69. The molecule has 0 spiro atoms. The van der Waals surface area contributed by atoms with E-state index >= 15 is 0 Å². The van der Waals surface area contributed by atoms with Gasteiger partial charge in [-0.25, -0.2) is 0 Å². The first-order valence-electron chi connectivity index (χ1n) is 4.84. The fourth-order valence-electron chi connectivity index (χ4n) is 1.53. The molecule has 0 aromatic heterocycles. The number of amides is 1. The number of rotatable bonds is 2. The number of nitrogens with one attached hydrogen (secondary N) is 1. The Balaban J connectivity index is 2.65. The smallest absolute Gasteiger partial charge is 0.353 e. The van der Waals surface area contributed by atoms with E-state index < -0.39 is 24.7 Å². The standard InChI is InChI=1S/C9H12F3N3O/c1-6-8(16)14-2-3-15(6)5-7(4-13)9(10,11)12/h6-7H,2-3,5H2,1H3,(H,14,16). The Hall–Kier alpha value is -1.29. The first-order valence-corrected chi connectivity index (χ1v) is 4.84. The third-order valence-electron chi connectivity index (χ3n) is 2.59. The summed E-state index contributed by atoms with van der Waals surface area (Å²) in [6.45, 7) is 1.73. The van der Waals surface area contributed by atoms with Gasteiger partial charge in [-0.2, -0.15) is 18.4 Å². The number of halogens is 3. The molecule has 16 heavy (non-hydrogen) atoms. The highest BCUT2D eigenvalue weighted by Gasteiger charge is 2.42. The first kappa shape index (κ1) is 12.8. The summed E-state index contributed by atoms with van der Waals surface area (Å²) in [4.78, 5) is 12.6. The molecule has 0 saturated carbocycles. The average Bonchev–Trinajstić information content (AvgIpc) is 2.18. The van der Waals surface area contributed by atoms with Gasteiger partial charge in [0, 0.05) is 19.6 Å².